The van der Waals surface area contributed by atoms with Crippen LogP contribution in [-0.2, 0) is 10.0 Å². The third-order valence-corrected chi connectivity index (χ3v) is 6.74. The molecule has 0 spiro atoms. The van der Waals surface area contributed by atoms with Gasteiger partial charge in [0.2, 0.25) is 10.0 Å². The van der Waals surface area contributed by atoms with Crippen molar-refractivity contribution in [3.63, 3.8) is 0 Å². The number of hydrogen-bond acceptors (Lipinski definition) is 3. The van der Waals surface area contributed by atoms with Crippen LogP contribution in [0.25, 0.3) is 0 Å². The molecule has 1 aliphatic rings. The first-order valence-corrected chi connectivity index (χ1v) is 11.0. The number of halogens is 1. The maximum atomic E-state index is 13.0. The number of benzene rings is 2. The molecule has 1 fully saturated rings. The number of sulfonamides is 1. The Morgan fingerprint density at radius 3 is 1.93 bits per heavy atom. The van der Waals surface area contributed by atoms with Crippen LogP contribution in [0.3, 0.4) is 0 Å². The van der Waals surface area contributed by atoms with Crippen molar-refractivity contribution in [2.24, 2.45) is 11.8 Å². The highest BCUT2D eigenvalue weighted by Gasteiger charge is 2.31. The second-order valence-corrected chi connectivity index (χ2v) is 9.72. The Balaban J connectivity index is 1.65. The van der Waals surface area contributed by atoms with Gasteiger partial charge in [0, 0.05) is 24.5 Å². The Morgan fingerprint density at radius 1 is 0.964 bits per heavy atom. The van der Waals surface area contributed by atoms with E-state index in [0.717, 1.165) is 6.42 Å². The lowest BCUT2D eigenvalue weighted by atomic mass is 9.94. The third-order valence-electron chi connectivity index (χ3n) is 4.69. The smallest absolute Gasteiger partial charge is 0.243 e. The largest absolute Gasteiger partial charge is 0.332 e. The van der Waals surface area contributed by atoms with Crippen molar-refractivity contribution in [1.29, 1.82) is 0 Å². The number of nitrogens with zero attached hydrogens (tertiary/aromatic N) is 1. The van der Waals surface area contributed by atoms with Gasteiger partial charge in [0.1, 0.15) is 5.82 Å². The van der Waals surface area contributed by atoms with Gasteiger partial charge in [-0.25, -0.2) is 12.8 Å². The van der Waals surface area contributed by atoms with Gasteiger partial charge < -0.3 is 10.6 Å². The summed E-state index contributed by atoms with van der Waals surface area (Å²) in [6.45, 7) is 5.28. The first kappa shape index (κ1) is 20.7. The number of hydrogen-bond donors (Lipinski definition) is 2. The normalized spacial score (nSPS) is 20.5. The molecule has 5 nitrogen and oxygen atoms in total. The van der Waals surface area contributed by atoms with Gasteiger partial charge in [-0.15, -0.1) is 0 Å². The molecule has 0 bridgehead atoms. The Bertz CT molecular complexity index is 921. The zero-order chi connectivity index (χ0) is 20.3. The fourth-order valence-corrected chi connectivity index (χ4v) is 5.40. The highest BCUT2D eigenvalue weighted by molar-refractivity contribution is 7.89. The maximum absolute atomic E-state index is 13.0. The van der Waals surface area contributed by atoms with E-state index in [1.54, 1.807) is 40.7 Å². The molecule has 0 radical (unpaired) electrons. The van der Waals surface area contributed by atoms with Crippen molar-refractivity contribution in [2.75, 3.05) is 23.7 Å². The fourth-order valence-electron chi connectivity index (χ4n) is 3.49. The maximum Gasteiger partial charge on any atom is 0.243 e. The van der Waals surface area contributed by atoms with Crippen LogP contribution in [0.15, 0.2) is 53.4 Å². The van der Waals surface area contributed by atoms with E-state index in [2.05, 4.69) is 24.5 Å². The van der Waals surface area contributed by atoms with Gasteiger partial charge >= 0.3 is 0 Å². The molecule has 2 atom stereocenters. The number of rotatable bonds is 4. The molecule has 28 heavy (non-hydrogen) atoms. The van der Waals surface area contributed by atoms with Crippen LogP contribution in [0.5, 0.6) is 0 Å². The monoisotopic (exact) mass is 421 g/mol. The quantitative estimate of drug-likeness (QED) is 0.721. The minimum atomic E-state index is -3.50. The van der Waals surface area contributed by atoms with Gasteiger partial charge in [-0.2, -0.15) is 4.31 Å². The zero-order valence-corrected chi connectivity index (χ0v) is 17.5. The van der Waals surface area contributed by atoms with Crippen LogP contribution in [0.2, 0.25) is 0 Å². The van der Waals surface area contributed by atoms with Crippen molar-refractivity contribution in [2.45, 2.75) is 25.2 Å². The Morgan fingerprint density at radius 2 is 1.43 bits per heavy atom. The summed E-state index contributed by atoms with van der Waals surface area (Å²) in [5, 5.41) is 6.28. The van der Waals surface area contributed by atoms with Crippen molar-refractivity contribution >= 4 is 38.7 Å². The molecule has 3 rings (SSSR count). The van der Waals surface area contributed by atoms with Gasteiger partial charge in [0.25, 0.3) is 0 Å². The molecular formula is C20H24FN3O2S2. The molecule has 1 saturated heterocycles. The van der Waals surface area contributed by atoms with Gasteiger partial charge in [0.15, 0.2) is 5.11 Å². The Hall–Kier alpha value is -2.03. The highest BCUT2D eigenvalue weighted by atomic mass is 32.2. The molecule has 2 aromatic rings. The molecule has 2 N–H and O–H groups in total. The molecule has 2 unspecified atom stereocenters. The first-order valence-electron chi connectivity index (χ1n) is 9.18. The van der Waals surface area contributed by atoms with Crippen molar-refractivity contribution in [1.82, 2.24) is 4.31 Å². The molecular weight excluding hydrogens is 397 g/mol. The average molecular weight is 422 g/mol. The minimum Gasteiger partial charge on any atom is -0.332 e. The summed E-state index contributed by atoms with van der Waals surface area (Å²) in [6, 6.07) is 12.4. The topological polar surface area (TPSA) is 61.4 Å². The lowest BCUT2D eigenvalue weighted by Gasteiger charge is -2.34. The number of thiocarbonyl (C=S) groups is 1. The summed E-state index contributed by atoms with van der Waals surface area (Å²) in [6.07, 6.45) is 1.05. The number of anilines is 2. The van der Waals surface area contributed by atoms with Crippen molar-refractivity contribution < 1.29 is 12.8 Å². The lowest BCUT2D eigenvalue weighted by molar-refractivity contribution is 0.222. The molecule has 150 valence electrons. The van der Waals surface area contributed by atoms with Crippen LogP contribution in [0.1, 0.15) is 20.3 Å². The van der Waals surface area contributed by atoms with Gasteiger partial charge in [-0.1, -0.05) is 13.8 Å². The van der Waals surface area contributed by atoms with E-state index in [-0.39, 0.29) is 10.7 Å². The predicted octanol–water partition coefficient (Wildman–Crippen LogP) is 4.30. The van der Waals surface area contributed by atoms with Crippen LogP contribution >= 0.6 is 12.2 Å². The summed E-state index contributed by atoms with van der Waals surface area (Å²) in [7, 11) is -3.50. The predicted molar refractivity (Wildman–Crippen MR) is 114 cm³/mol. The van der Waals surface area contributed by atoms with Gasteiger partial charge in [-0.3, -0.25) is 0 Å². The van der Waals surface area contributed by atoms with E-state index in [1.807, 2.05) is 0 Å². The zero-order valence-electron chi connectivity index (χ0n) is 15.9. The number of nitrogens with one attached hydrogen (secondary N) is 2. The van der Waals surface area contributed by atoms with Crippen molar-refractivity contribution in [3.8, 4) is 0 Å². The van der Waals surface area contributed by atoms with E-state index in [1.165, 1.54) is 12.1 Å². The van der Waals surface area contributed by atoms with Gasteiger partial charge in [-0.05, 0) is 79.0 Å². The average Bonchev–Trinajstić information content (AvgIpc) is 2.63. The summed E-state index contributed by atoms with van der Waals surface area (Å²) in [5.74, 6) is 0.391. The van der Waals surface area contributed by atoms with E-state index >= 15 is 0 Å². The highest BCUT2D eigenvalue weighted by Crippen LogP contribution is 2.27. The molecule has 1 aliphatic heterocycles. The van der Waals surface area contributed by atoms with E-state index in [9.17, 15) is 12.8 Å². The van der Waals surface area contributed by atoms with Crippen molar-refractivity contribution in [3.05, 3.63) is 54.3 Å². The lowest BCUT2D eigenvalue weighted by Crippen LogP contribution is -2.42. The van der Waals surface area contributed by atoms with Gasteiger partial charge in [0.05, 0.1) is 4.90 Å². The molecule has 0 aromatic heterocycles. The number of piperidine rings is 1. The molecule has 8 heteroatoms. The molecule has 2 aromatic carbocycles. The van der Waals surface area contributed by atoms with Crippen LogP contribution in [0.4, 0.5) is 15.8 Å². The molecule has 0 amide bonds. The fraction of sp³-hybridized carbons (Fsp3) is 0.350. The second-order valence-electron chi connectivity index (χ2n) is 7.38. The van der Waals surface area contributed by atoms with Crippen LogP contribution in [-0.4, -0.2) is 30.9 Å². The third kappa shape index (κ3) is 5.06. The van der Waals surface area contributed by atoms with Crippen LogP contribution < -0.4 is 10.6 Å². The SMILES string of the molecule is CC1CC(C)CN(S(=O)(=O)c2ccc(NC(=S)Nc3ccc(F)cc3)cc2)C1. The second kappa shape index (κ2) is 8.55. The minimum absolute atomic E-state index is 0.275. The van der Waals surface area contributed by atoms with Crippen LogP contribution in [0, 0.1) is 17.7 Å². The molecule has 1 heterocycles. The van der Waals surface area contributed by atoms with E-state index in [0.29, 0.717) is 41.4 Å². The van der Waals surface area contributed by atoms with E-state index < -0.39 is 10.0 Å². The summed E-state index contributed by atoms with van der Waals surface area (Å²) >= 11 is 5.24. The summed E-state index contributed by atoms with van der Waals surface area (Å²) in [4.78, 5) is 0.275. The first-order chi connectivity index (χ1) is 13.2. The summed E-state index contributed by atoms with van der Waals surface area (Å²) in [5.41, 5.74) is 1.32. The Labute approximate surface area is 171 Å². The Kier molecular flexibility index (Phi) is 6.32. The summed E-state index contributed by atoms with van der Waals surface area (Å²) < 4.78 is 40.4. The molecule has 0 aliphatic carbocycles. The molecule has 0 saturated carbocycles. The van der Waals surface area contributed by atoms with E-state index in [4.69, 9.17) is 12.2 Å². The standard InChI is InChI=1S/C20H24FN3O2S2/c1-14-11-15(2)13-24(12-14)28(25,26)19-9-7-18(8-10-19)23-20(27)22-17-5-3-16(21)4-6-17/h3-10,14-15H,11-13H2,1-2H3,(H2,22,23,27).